The lowest BCUT2D eigenvalue weighted by molar-refractivity contribution is 0.172. The summed E-state index contributed by atoms with van der Waals surface area (Å²) in [7, 11) is 5.48. The van der Waals surface area contributed by atoms with Gasteiger partial charge in [0.1, 0.15) is 11.6 Å². The number of hydrogen-bond donors (Lipinski definition) is 2. The summed E-state index contributed by atoms with van der Waals surface area (Å²) >= 11 is 0. The van der Waals surface area contributed by atoms with Gasteiger partial charge in [-0.2, -0.15) is 0 Å². The van der Waals surface area contributed by atoms with E-state index in [1.54, 1.807) is 14.2 Å². The molecule has 0 spiro atoms. The van der Waals surface area contributed by atoms with Gasteiger partial charge < -0.3 is 24.7 Å². The van der Waals surface area contributed by atoms with E-state index in [2.05, 4.69) is 38.5 Å². The van der Waals surface area contributed by atoms with E-state index >= 15 is 0 Å². The number of aromatic amines is 1. The van der Waals surface area contributed by atoms with E-state index in [0.29, 0.717) is 26.3 Å². The number of imidazole rings is 1. The quantitative estimate of drug-likeness (QED) is 0.171. The van der Waals surface area contributed by atoms with Crippen LogP contribution < -0.4 is 10.1 Å². The van der Waals surface area contributed by atoms with Crippen molar-refractivity contribution < 1.29 is 9.47 Å². The molecule has 0 atom stereocenters. The number of rotatable bonds is 10. The molecule has 0 aliphatic heterocycles. The molecule has 7 nitrogen and oxygen atoms in total. The van der Waals surface area contributed by atoms with Crippen LogP contribution in [0.1, 0.15) is 17.8 Å². The first-order chi connectivity index (χ1) is 15.2. The van der Waals surface area contributed by atoms with Crippen molar-refractivity contribution in [3.63, 3.8) is 0 Å². The van der Waals surface area contributed by atoms with Gasteiger partial charge in [-0.1, -0.05) is 42.5 Å². The third kappa shape index (κ3) is 7.83. The highest BCUT2D eigenvalue weighted by Gasteiger charge is 2.10. The molecule has 0 bridgehead atoms. The van der Waals surface area contributed by atoms with Crippen molar-refractivity contribution in [1.29, 1.82) is 0 Å². The van der Waals surface area contributed by atoms with E-state index < -0.39 is 0 Å². The molecule has 2 aromatic carbocycles. The van der Waals surface area contributed by atoms with E-state index in [0.717, 1.165) is 40.8 Å². The number of benzene rings is 2. The third-order valence-corrected chi connectivity index (χ3v) is 4.78. The van der Waals surface area contributed by atoms with Crippen molar-refractivity contribution in [3.05, 3.63) is 72.2 Å². The fourth-order valence-electron chi connectivity index (χ4n) is 3.21. The Morgan fingerprint density at radius 3 is 2.69 bits per heavy atom. The molecule has 172 valence electrons. The van der Waals surface area contributed by atoms with Gasteiger partial charge in [0.15, 0.2) is 5.96 Å². The third-order valence-electron chi connectivity index (χ3n) is 4.78. The first-order valence-corrected chi connectivity index (χ1v) is 10.4. The normalized spacial score (nSPS) is 11.0. The zero-order valence-corrected chi connectivity index (χ0v) is 21.2. The number of aliphatic imine (C=N–C) groups is 1. The highest BCUT2D eigenvalue weighted by Crippen LogP contribution is 2.17. The van der Waals surface area contributed by atoms with Crippen molar-refractivity contribution >= 4 is 29.9 Å². The number of guanidine groups is 1. The molecule has 3 rings (SSSR count). The molecule has 0 amide bonds. The second-order valence-electron chi connectivity index (χ2n) is 7.21. The van der Waals surface area contributed by atoms with Gasteiger partial charge in [0.25, 0.3) is 0 Å². The van der Waals surface area contributed by atoms with Gasteiger partial charge in [-0.05, 0) is 23.3 Å². The first-order valence-electron chi connectivity index (χ1n) is 10.4. The topological polar surface area (TPSA) is 74.8 Å². The Bertz CT molecular complexity index is 962. The number of H-pyrrole nitrogens is 1. The summed E-state index contributed by atoms with van der Waals surface area (Å²) in [5.41, 5.74) is 3.26. The van der Waals surface area contributed by atoms with Crippen molar-refractivity contribution in [2.45, 2.75) is 19.5 Å². The predicted octanol–water partition coefficient (Wildman–Crippen LogP) is 4.32. The van der Waals surface area contributed by atoms with Crippen LogP contribution >= 0.6 is 24.0 Å². The zero-order valence-electron chi connectivity index (χ0n) is 18.9. The molecule has 0 radical (unpaired) electrons. The number of halogens is 1. The zero-order chi connectivity index (χ0) is 21.9. The van der Waals surface area contributed by atoms with Gasteiger partial charge in [0.05, 0.1) is 25.0 Å². The number of nitrogens with zero attached hydrogens (tertiary/aromatic N) is 3. The lowest BCUT2D eigenvalue weighted by atomic mass is 10.2. The first kappa shape index (κ1) is 25.7. The van der Waals surface area contributed by atoms with Gasteiger partial charge >= 0.3 is 0 Å². The van der Waals surface area contributed by atoms with E-state index in [4.69, 9.17) is 9.47 Å². The molecular formula is C24H32IN5O2. The Labute approximate surface area is 207 Å². The van der Waals surface area contributed by atoms with Gasteiger partial charge in [0, 0.05) is 40.8 Å². The van der Waals surface area contributed by atoms with Crippen LogP contribution in [-0.2, 0) is 17.8 Å². The molecule has 3 aromatic rings. The lowest BCUT2D eigenvalue weighted by Crippen LogP contribution is -2.38. The van der Waals surface area contributed by atoms with E-state index in [1.807, 2.05) is 54.5 Å². The molecule has 2 N–H and O–H groups in total. The van der Waals surface area contributed by atoms with Crippen LogP contribution in [0.4, 0.5) is 0 Å². The maximum absolute atomic E-state index is 5.79. The van der Waals surface area contributed by atoms with Gasteiger partial charge in [0.2, 0.25) is 0 Å². The Kier molecular flexibility index (Phi) is 11.0. The van der Waals surface area contributed by atoms with E-state index in [9.17, 15) is 0 Å². The predicted molar refractivity (Wildman–Crippen MR) is 140 cm³/mol. The highest BCUT2D eigenvalue weighted by atomic mass is 127. The van der Waals surface area contributed by atoms with Crippen molar-refractivity contribution in [3.8, 4) is 17.0 Å². The maximum Gasteiger partial charge on any atom is 0.194 e. The number of ether oxygens (including phenoxy) is 2. The largest absolute Gasteiger partial charge is 0.493 e. The summed E-state index contributed by atoms with van der Waals surface area (Å²) < 4.78 is 10.8. The smallest absolute Gasteiger partial charge is 0.194 e. The van der Waals surface area contributed by atoms with Crippen LogP contribution in [0.2, 0.25) is 0 Å². The Hall–Kier alpha value is -2.59. The summed E-state index contributed by atoms with van der Waals surface area (Å²) in [6.07, 6.45) is 2.74. The molecule has 0 aliphatic rings. The van der Waals surface area contributed by atoms with E-state index in [-0.39, 0.29) is 24.0 Å². The standard InChI is InChI=1S/C24H31N5O2.HI/c1-25-24(27-16-19-9-7-12-21(15-19)31-14-8-13-30-3)29(2)18-23-26-17-22(28-23)20-10-5-4-6-11-20;/h4-7,9-12,15,17H,8,13-14,16,18H2,1-3H3,(H,25,27)(H,26,28);1H. The average molecular weight is 549 g/mol. The molecule has 0 saturated heterocycles. The minimum absolute atomic E-state index is 0. The molecule has 8 heteroatoms. The molecule has 0 fully saturated rings. The summed E-state index contributed by atoms with van der Waals surface area (Å²) in [6, 6.07) is 18.3. The van der Waals surface area contributed by atoms with Crippen LogP contribution in [-0.4, -0.2) is 55.2 Å². The van der Waals surface area contributed by atoms with Crippen molar-refractivity contribution in [2.24, 2.45) is 4.99 Å². The Balaban J connectivity index is 0.00000363. The minimum Gasteiger partial charge on any atom is -0.493 e. The molecule has 1 aromatic heterocycles. The van der Waals surface area contributed by atoms with Crippen LogP contribution in [0.5, 0.6) is 5.75 Å². The van der Waals surface area contributed by atoms with Gasteiger partial charge in [-0.25, -0.2) is 4.98 Å². The van der Waals surface area contributed by atoms with Crippen molar-refractivity contribution in [1.82, 2.24) is 20.2 Å². The van der Waals surface area contributed by atoms with Crippen molar-refractivity contribution in [2.75, 3.05) is 34.4 Å². The van der Waals surface area contributed by atoms with Crippen LogP contribution in [0.3, 0.4) is 0 Å². The number of aromatic nitrogens is 2. The molecule has 0 unspecified atom stereocenters. The summed E-state index contributed by atoms with van der Waals surface area (Å²) in [5, 5.41) is 3.41. The average Bonchev–Trinajstić information content (AvgIpc) is 3.26. The summed E-state index contributed by atoms with van der Waals surface area (Å²) in [6.45, 7) is 2.62. The molecule has 32 heavy (non-hydrogen) atoms. The number of nitrogens with one attached hydrogen (secondary N) is 2. The Morgan fingerprint density at radius 1 is 1.12 bits per heavy atom. The number of methoxy groups -OCH3 is 1. The minimum atomic E-state index is 0. The van der Waals surface area contributed by atoms with Crippen LogP contribution in [0, 0.1) is 0 Å². The van der Waals surface area contributed by atoms with Crippen LogP contribution in [0.15, 0.2) is 65.8 Å². The molecular weight excluding hydrogens is 517 g/mol. The van der Waals surface area contributed by atoms with Gasteiger partial charge in [-0.3, -0.25) is 4.99 Å². The maximum atomic E-state index is 5.79. The molecule has 1 heterocycles. The fraction of sp³-hybridized carbons (Fsp3) is 0.333. The molecule has 0 saturated carbocycles. The second kappa shape index (κ2) is 13.7. The second-order valence-corrected chi connectivity index (χ2v) is 7.21. The summed E-state index contributed by atoms with van der Waals surface area (Å²) in [4.78, 5) is 14.3. The number of hydrogen-bond acceptors (Lipinski definition) is 4. The van der Waals surface area contributed by atoms with Gasteiger partial charge in [-0.15, -0.1) is 24.0 Å². The van der Waals surface area contributed by atoms with Crippen LogP contribution in [0.25, 0.3) is 11.3 Å². The van der Waals surface area contributed by atoms with E-state index in [1.165, 1.54) is 0 Å². The molecule has 0 aliphatic carbocycles. The Morgan fingerprint density at radius 2 is 1.94 bits per heavy atom. The summed E-state index contributed by atoms with van der Waals surface area (Å²) in [5.74, 6) is 2.54. The lowest BCUT2D eigenvalue weighted by Gasteiger charge is -2.21. The highest BCUT2D eigenvalue weighted by molar-refractivity contribution is 14.0. The SMILES string of the molecule is CN=C(NCc1cccc(OCCCOC)c1)N(C)Cc1ncc(-c2ccccc2)[nH]1.I. The fourth-order valence-corrected chi connectivity index (χ4v) is 3.21. The monoisotopic (exact) mass is 549 g/mol.